The molecule has 1 aliphatic carbocycles. The molecule has 19 heavy (non-hydrogen) atoms. The lowest BCUT2D eigenvalue weighted by Crippen LogP contribution is -2.34. The molecule has 5 heteroatoms. The highest BCUT2D eigenvalue weighted by Gasteiger charge is 2.53. The molecule has 1 saturated carbocycles. The van der Waals surface area contributed by atoms with E-state index in [-0.39, 0.29) is 17.9 Å². The molecule has 0 spiro atoms. The number of ketones is 1. The maximum absolute atomic E-state index is 12.0. The van der Waals surface area contributed by atoms with Crippen molar-refractivity contribution in [1.82, 2.24) is 0 Å². The van der Waals surface area contributed by atoms with E-state index >= 15 is 0 Å². The van der Waals surface area contributed by atoms with E-state index in [9.17, 15) is 9.59 Å². The molecule has 2 unspecified atom stereocenters. The van der Waals surface area contributed by atoms with Crippen LogP contribution in [0, 0.1) is 5.41 Å². The van der Waals surface area contributed by atoms with Gasteiger partial charge < -0.3 is 9.57 Å². The molecule has 0 amide bonds. The van der Waals surface area contributed by atoms with E-state index < -0.39 is 5.41 Å². The number of carbonyl (C=O) groups is 2. The highest BCUT2D eigenvalue weighted by atomic mass is 16.6. The summed E-state index contributed by atoms with van der Waals surface area (Å²) in [6, 6.07) is 0. The van der Waals surface area contributed by atoms with Gasteiger partial charge in [-0.25, -0.2) is 0 Å². The fourth-order valence-electron chi connectivity index (χ4n) is 2.89. The average molecular weight is 267 g/mol. The van der Waals surface area contributed by atoms with Gasteiger partial charge >= 0.3 is 5.97 Å². The van der Waals surface area contributed by atoms with E-state index in [0.717, 1.165) is 32.1 Å². The van der Waals surface area contributed by atoms with Crippen LogP contribution in [-0.2, 0) is 19.2 Å². The number of hydrogen-bond donors (Lipinski definition) is 0. The number of Topliss-reactive ketones (excluding diaryl/α,β-unsaturated/α-hetero) is 1. The van der Waals surface area contributed by atoms with Crippen molar-refractivity contribution in [3.8, 4) is 0 Å². The Kier molecular flexibility index (Phi) is 4.56. The second-order valence-corrected chi connectivity index (χ2v) is 5.20. The lowest BCUT2D eigenvalue weighted by Gasteiger charge is -2.22. The smallest absolute Gasteiger partial charge is 0.305 e. The maximum atomic E-state index is 12.0. The Morgan fingerprint density at radius 1 is 1.53 bits per heavy atom. The largest absolute Gasteiger partial charge is 0.466 e. The molecule has 0 aromatic heterocycles. The first-order valence-corrected chi connectivity index (χ1v) is 7.08. The van der Waals surface area contributed by atoms with Crippen LogP contribution >= 0.6 is 0 Å². The van der Waals surface area contributed by atoms with Crippen molar-refractivity contribution >= 4 is 18.0 Å². The van der Waals surface area contributed by atoms with E-state index in [1.807, 2.05) is 6.92 Å². The van der Waals surface area contributed by atoms with Crippen LogP contribution in [0.3, 0.4) is 0 Å². The summed E-state index contributed by atoms with van der Waals surface area (Å²) >= 11 is 0. The number of rotatable bonds is 7. The summed E-state index contributed by atoms with van der Waals surface area (Å²) in [6.07, 6.45) is 6.91. The first-order valence-electron chi connectivity index (χ1n) is 7.08. The summed E-state index contributed by atoms with van der Waals surface area (Å²) in [4.78, 5) is 28.4. The molecule has 0 aromatic carbocycles. The molecule has 0 aromatic rings. The maximum Gasteiger partial charge on any atom is 0.305 e. The van der Waals surface area contributed by atoms with Crippen molar-refractivity contribution in [2.24, 2.45) is 10.6 Å². The van der Waals surface area contributed by atoms with E-state index in [1.54, 1.807) is 6.21 Å². The number of unbranched alkanes of at least 4 members (excludes halogenated alkanes) is 2. The minimum atomic E-state index is -0.468. The third-order valence-electron chi connectivity index (χ3n) is 3.98. The van der Waals surface area contributed by atoms with Gasteiger partial charge in [0.1, 0.15) is 17.3 Å². The molecule has 106 valence electrons. The van der Waals surface area contributed by atoms with Crippen molar-refractivity contribution in [2.75, 3.05) is 6.61 Å². The summed E-state index contributed by atoms with van der Waals surface area (Å²) in [6.45, 7) is 2.24. The van der Waals surface area contributed by atoms with Gasteiger partial charge in [-0.15, -0.1) is 0 Å². The molecule has 0 saturated heterocycles. The van der Waals surface area contributed by atoms with Crippen molar-refractivity contribution in [3.63, 3.8) is 0 Å². The quantitative estimate of drug-likeness (QED) is 0.524. The fourth-order valence-corrected chi connectivity index (χ4v) is 2.89. The number of carbonyl (C=O) groups excluding carboxylic acids is 2. The molecule has 0 N–H and O–H groups in total. The lowest BCUT2D eigenvalue weighted by atomic mass is 9.80. The molecule has 0 radical (unpaired) electrons. The summed E-state index contributed by atoms with van der Waals surface area (Å²) in [7, 11) is 0. The monoisotopic (exact) mass is 267 g/mol. The van der Waals surface area contributed by atoms with Crippen LogP contribution in [0.2, 0.25) is 0 Å². The first-order chi connectivity index (χ1) is 9.19. The molecule has 2 atom stereocenters. The van der Waals surface area contributed by atoms with E-state index in [1.165, 1.54) is 0 Å². The van der Waals surface area contributed by atoms with Gasteiger partial charge in [0.05, 0.1) is 12.8 Å². The second-order valence-electron chi connectivity index (χ2n) is 5.20. The van der Waals surface area contributed by atoms with Gasteiger partial charge in [0.15, 0.2) is 0 Å². The van der Waals surface area contributed by atoms with Crippen LogP contribution in [0.25, 0.3) is 0 Å². The SMILES string of the molecule is CCOC(=O)CCCCCC12C=NOC1CCC2=O. The molecule has 2 rings (SSSR count). The van der Waals surface area contributed by atoms with Gasteiger partial charge in [0.25, 0.3) is 0 Å². The summed E-state index contributed by atoms with van der Waals surface area (Å²) in [5, 5.41) is 3.82. The minimum absolute atomic E-state index is 0.0509. The Hall–Kier alpha value is -1.39. The van der Waals surface area contributed by atoms with Crippen LogP contribution in [0.4, 0.5) is 0 Å². The summed E-state index contributed by atoms with van der Waals surface area (Å²) in [5.41, 5.74) is -0.468. The minimum Gasteiger partial charge on any atom is -0.466 e. The van der Waals surface area contributed by atoms with Gasteiger partial charge in [-0.3, -0.25) is 9.59 Å². The summed E-state index contributed by atoms with van der Waals surface area (Å²) in [5.74, 6) is 0.116. The van der Waals surface area contributed by atoms with Crippen molar-refractivity contribution < 1.29 is 19.2 Å². The zero-order valence-corrected chi connectivity index (χ0v) is 11.4. The molecule has 2 aliphatic rings. The third kappa shape index (κ3) is 2.96. The normalized spacial score (nSPS) is 28.3. The fraction of sp³-hybridized carbons (Fsp3) is 0.786. The molecular weight excluding hydrogens is 246 g/mol. The number of esters is 1. The average Bonchev–Trinajstić information content (AvgIpc) is 2.91. The van der Waals surface area contributed by atoms with Crippen molar-refractivity contribution in [3.05, 3.63) is 0 Å². The first kappa shape index (κ1) is 14.0. The second kappa shape index (κ2) is 6.17. The van der Waals surface area contributed by atoms with E-state index in [4.69, 9.17) is 9.57 Å². The van der Waals surface area contributed by atoms with E-state index in [2.05, 4.69) is 5.16 Å². The molecule has 1 aliphatic heterocycles. The number of fused-ring (bicyclic) bond motifs is 1. The predicted octanol–water partition coefficient (Wildman–Crippen LogP) is 2.23. The third-order valence-corrected chi connectivity index (χ3v) is 3.98. The predicted molar refractivity (Wildman–Crippen MR) is 69.8 cm³/mol. The number of nitrogens with zero attached hydrogens (tertiary/aromatic N) is 1. The lowest BCUT2D eigenvalue weighted by molar-refractivity contribution is -0.143. The highest BCUT2D eigenvalue weighted by Crippen LogP contribution is 2.43. The Bertz CT molecular complexity index is 380. The molecular formula is C14H21NO4. The van der Waals surface area contributed by atoms with Gasteiger partial charge in [0.2, 0.25) is 0 Å². The zero-order valence-electron chi connectivity index (χ0n) is 11.4. The topological polar surface area (TPSA) is 65.0 Å². The van der Waals surface area contributed by atoms with Crippen LogP contribution in [0.1, 0.15) is 51.9 Å². The highest BCUT2D eigenvalue weighted by molar-refractivity contribution is 6.02. The molecule has 1 fully saturated rings. The molecule has 5 nitrogen and oxygen atoms in total. The number of hydrogen-bond acceptors (Lipinski definition) is 5. The Morgan fingerprint density at radius 2 is 2.37 bits per heavy atom. The van der Waals surface area contributed by atoms with E-state index in [0.29, 0.717) is 19.4 Å². The zero-order chi connectivity index (χ0) is 13.7. The van der Waals surface area contributed by atoms with Crippen molar-refractivity contribution in [1.29, 1.82) is 0 Å². The number of oxime groups is 1. The van der Waals surface area contributed by atoms with Crippen LogP contribution in [0.15, 0.2) is 5.16 Å². The van der Waals surface area contributed by atoms with Gasteiger partial charge in [-0.2, -0.15) is 0 Å². The summed E-state index contributed by atoms with van der Waals surface area (Å²) < 4.78 is 4.87. The molecule has 1 heterocycles. The van der Waals surface area contributed by atoms with Crippen LogP contribution < -0.4 is 0 Å². The van der Waals surface area contributed by atoms with Crippen molar-refractivity contribution in [2.45, 2.75) is 58.0 Å². The van der Waals surface area contributed by atoms with Crippen LogP contribution in [0.5, 0.6) is 0 Å². The van der Waals surface area contributed by atoms with Crippen LogP contribution in [-0.4, -0.2) is 30.7 Å². The number of ether oxygens (including phenoxy) is 1. The Balaban J connectivity index is 1.69. The Labute approximate surface area is 113 Å². The standard InChI is InChI=1S/C14H21NO4/c1-2-18-13(17)6-4-3-5-9-14-10-15-19-12(14)8-7-11(14)16/h10,12H,2-9H2,1H3. The Morgan fingerprint density at radius 3 is 3.16 bits per heavy atom. The molecule has 0 bridgehead atoms. The van der Waals surface area contributed by atoms with Gasteiger partial charge in [-0.05, 0) is 26.2 Å². The van der Waals surface area contributed by atoms with Gasteiger partial charge in [-0.1, -0.05) is 18.0 Å². The van der Waals surface area contributed by atoms with Gasteiger partial charge in [0, 0.05) is 12.8 Å².